The van der Waals surface area contributed by atoms with Gasteiger partial charge in [-0.1, -0.05) is 48.5 Å². The number of nitrogens with one attached hydrogen (secondary N) is 1. The van der Waals surface area contributed by atoms with E-state index in [1.807, 2.05) is 24.5 Å². The number of hydrogen-bond donors (Lipinski definition) is 1. The van der Waals surface area contributed by atoms with E-state index in [2.05, 4.69) is 64.9 Å². The second-order valence-corrected chi connectivity index (χ2v) is 6.92. The van der Waals surface area contributed by atoms with Crippen molar-refractivity contribution in [2.75, 3.05) is 13.7 Å². The van der Waals surface area contributed by atoms with Crippen molar-refractivity contribution in [2.24, 2.45) is 0 Å². The molecule has 0 bridgehead atoms. The molecule has 2 aromatic carbocycles. The van der Waals surface area contributed by atoms with E-state index < -0.39 is 0 Å². The Labute approximate surface area is 160 Å². The number of nitrogens with zero attached hydrogens (tertiary/aromatic N) is 1. The highest BCUT2D eigenvalue weighted by Gasteiger charge is 2.17. The van der Waals surface area contributed by atoms with Gasteiger partial charge >= 0.3 is 0 Å². The molecule has 1 N–H and O–H groups in total. The Morgan fingerprint density at radius 1 is 0.963 bits per heavy atom. The van der Waals surface area contributed by atoms with Crippen molar-refractivity contribution in [1.29, 1.82) is 0 Å². The van der Waals surface area contributed by atoms with Gasteiger partial charge in [-0.15, -0.1) is 0 Å². The molecule has 1 aromatic heterocycles. The van der Waals surface area contributed by atoms with E-state index in [-0.39, 0.29) is 0 Å². The average molecular weight is 356 g/mol. The number of hydrogen-bond acceptors (Lipinski definition) is 3. The molecule has 4 rings (SSSR count). The summed E-state index contributed by atoms with van der Waals surface area (Å²) in [6, 6.07) is 21.5. The summed E-state index contributed by atoms with van der Waals surface area (Å²) in [6.07, 6.45) is 8.22. The second kappa shape index (κ2) is 8.19. The zero-order valence-electron chi connectivity index (χ0n) is 15.6. The lowest BCUT2D eigenvalue weighted by Crippen LogP contribution is -2.34. The van der Waals surface area contributed by atoms with Crippen LogP contribution in [-0.2, 0) is 6.42 Å². The van der Waals surface area contributed by atoms with Gasteiger partial charge in [-0.05, 0) is 53.3 Å². The molecule has 0 saturated heterocycles. The number of methoxy groups -OCH3 is 1. The van der Waals surface area contributed by atoms with Crippen molar-refractivity contribution in [3.05, 3.63) is 90.3 Å². The van der Waals surface area contributed by atoms with Crippen LogP contribution >= 0.6 is 0 Å². The minimum Gasteiger partial charge on any atom is -0.497 e. The Morgan fingerprint density at radius 2 is 1.78 bits per heavy atom. The van der Waals surface area contributed by atoms with Crippen LogP contribution < -0.4 is 10.1 Å². The first-order valence-corrected chi connectivity index (χ1v) is 9.38. The summed E-state index contributed by atoms with van der Waals surface area (Å²) in [5.41, 5.74) is 6.32. The van der Waals surface area contributed by atoms with Gasteiger partial charge < -0.3 is 10.1 Å². The molecule has 3 nitrogen and oxygen atoms in total. The monoisotopic (exact) mass is 356 g/mol. The maximum Gasteiger partial charge on any atom is 0.118 e. The van der Waals surface area contributed by atoms with E-state index >= 15 is 0 Å². The van der Waals surface area contributed by atoms with Gasteiger partial charge in [-0.3, -0.25) is 4.98 Å². The molecule has 27 heavy (non-hydrogen) atoms. The summed E-state index contributed by atoms with van der Waals surface area (Å²) in [7, 11) is 1.69. The summed E-state index contributed by atoms with van der Waals surface area (Å²) in [4.78, 5) is 4.47. The third-order valence-corrected chi connectivity index (χ3v) is 5.07. The highest BCUT2D eigenvalue weighted by atomic mass is 16.5. The number of aromatic nitrogens is 1. The van der Waals surface area contributed by atoms with E-state index in [1.165, 1.54) is 16.7 Å². The van der Waals surface area contributed by atoms with Crippen LogP contribution in [0.1, 0.15) is 17.5 Å². The van der Waals surface area contributed by atoms with Gasteiger partial charge in [-0.2, -0.15) is 0 Å². The Morgan fingerprint density at radius 3 is 2.56 bits per heavy atom. The van der Waals surface area contributed by atoms with Crippen molar-refractivity contribution in [3.8, 4) is 16.9 Å². The quantitative estimate of drug-likeness (QED) is 0.717. The predicted octanol–water partition coefficient (Wildman–Crippen LogP) is 4.75. The van der Waals surface area contributed by atoms with Crippen molar-refractivity contribution in [2.45, 2.75) is 18.9 Å². The molecule has 0 aliphatic carbocycles. The third kappa shape index (κ3) is 4.26. The molecule has 2 heterocycles. The van der Waals surface area contributed by atoms with E-state index in [0.29, 0.717) is 6.04 Å². The van der Waals surface area contributed by atoms with Gasteiger partial charge in [0, 0.05) is 30.5 Å². The Hall–Kier alpha value is -2.91. The van der Waals surface area contributed by atoms with Crippen LogP contribution in [0.4, 0.5) is 0 Å². The number of pyridine rings is 1. The highest BCUT2D eigenvalue weighted by molar-refractivity contribution is 5.67. The van der Waals surface area contributed by atoms with Crippen molar-refractivity contribution in [1.82, 2.24) is 10.3 Å². The number of rotatable bonds is 5. The first-order valence-electron chi connectivity index (χ1n) is 9.38. The zero-order valence-corrected chi connectivity index (χ0v) is 15.6. The van der Waals surface area contributed by atoms with E-state index in [4.69, 9.17) is 4.74 Å². The van der Waals surface area contributed by atoms with Crippen LogP contribution in [0.2, 0.25) is 0 Å². The fourth-order valence-corrected chi connectivity index (χ4v) is 3.63. The minimum absolute atomic E-state index is 0.429. The molecular formula is C24H24N2O. The Kier molecular flexibility index (Phi) is 5.31. The Balaban J connectivity index is 1.47. The Bertz CT molecular complexity index is 917. The van der Waals surface area contributed by atoms with Gasteiger partial charge in [0.15, 0.2) is 0 Å². The predicted molar refractivity (Wildman–Crippen MR) is 111 cm³/mol. The lowest BCUT2D eigenvalue weighted by molar-refractivity contribution is 0.415. The van der Waals surface area contributed by atoms with Gasteiger partial charge in [0.25, 0.3) is 0 Å². The van der Waals surface area contributed by atoms with Crippen LogP contribution in [-0.4, -0.2) is 24.7 Å². The standard InChI is InChI=1S/C24H24N2O/c1-27-24-9-7-20(8-10-24)22-13-18(16-25-17-22)14-23-15-21(11-12-26-23)19-5-3-2-4-6-19/h2-11,13,16-17,23,26H,12,14-15H2,1H3. The lowest BCUT2D eigenvalue weighted by atomic mass is 9.92. The maximum atomic E-state index is 5.25. The third-order valence-electron chi connectivity index (χ3n) is 5.07. The van der Waals surface area contributed by atoms with E-state index in [1.54, 1.807) is 7.11 Å². The first-order chi connectivity index (χ1) is 13.3. The summed E-state index contributed by atoms with van der Waals surface area (Å²) in [6.45, 7) is 0.917. The van der Waals surface area contributed by atoms with Gasteiger partial charge in [-0.25, -0.2) is 0 Å². The van der Waals surface area contributed by atoms with E-state index in [0.717, 1.165) is 36.3 Å². The van der Waals surface area contributed by atoms with Crippen molar-refractivity contribution in [3.63, 3.8) is 0 Å². The molecule has 0 radical (unpaired) electrons. The SMILES string of the molecule is COc1ccc(-c2cncc(CC3CC(c4ccccc4)=CCN3)c2)cc1. The van der Waals surface area contributed by atoms with Gasteiger partial charge in [0.05, 0.1) is 7.11 Å². The van der Waals surface area contributed by atoms with E-state index in [9.17, 15) is 0 Å². The molecule has 3 heteroatoms. The summed E-state index contributed by atoms with van der Waals surface area (Å²) >= 11 is 0. The molecule has 0 amide bonds. The molecule has 136 valence electrons. The molecule has 0 fully saturated rings. The van der Waals surface area contributed by atoms with Crippen molar-refractivity contribution < 1.29 is 4.74 Å². The van der Waals surface area contributed by atoms with Crippen LogP contribution in [0.15, 0.2) is 79.1 Å². The summed E-state index contributed by atoms with van der Waals surface area (Å²) < 4.78 is 5.25. The normalized spacial score (nSPS) is 16.6. The fraction of sp³-hybridized carbons (Fsp3) is 0.208. The molecule has 0 saturated carbocycles. The maximum absolute atomic E-state index is 5.25. The van der Waals surface area contributed by atoms with Crippen LogP contribution in [0, 0.1) is 0 Å². The average Bonchev–Trinajstić information content (AvgIpc) is 2.75. The molecule has 1 atom stereocenters. The minimum atomic E-state index is 0.429. The van der Waals surface area contributed by atoms with Crippen LogP contribution in [0.25, 0.3) is 16.7 Å². The summed E-state index contributed by atoms with van der Waals surface area (Å²) in [5.74, 6) is 0.870. The molecule has 1 aliphatic rings. The molecular weight excluding hydrogens is 332 g/mol. The molecule has 0 spiro atoms. The molecule has 3 aromatic rings. The fourth-order valence-electron chi connectivity index (χ4n) is 3.63. The molecule has 1 unspecified atom stereocenters. The number of benzene rings is 2. The smallest absolute Gasteiger partial charge is 0.118 e. The second-order valence-electron chi connectivity index (χ2n) is 6.92. The van der Waals surface area contributed by atoms with Crippen molar-refractivity contribution >= 4 is 5.57 Å². The topological polar surface area (TPSA) is 34.1 Å². The highest BCUT2D eigenvalue weighted by Crippen LogP contribution is 2.26. The van der Waals surface area contributed by atoms with Gasteiger partial charge in [0.1, 0.15) is 5.75 Å². The number of ether oxygens (including phenoxy) is 1. The van der Waals surface area contributed by atoms with Gasteiger partial charge in [0.2, 0.25) is 0 Å². The first kappa shape index (κ1) is 17.5. The lowest BCUT2D eigenvalue weighted by Gasteiger charge is -2.25. The summed E-state index contributed by atoms with van der Waals surface area (Å²) in [5, 5.41) is 3.62. The molecule has 1 aliphatic heterocycles. The largest absolute Gasteiger partial charge is 0.497 e. The zero-order chi connectivity index (χ0) is 18.5. The van der Waals surface area contributed by atoms with Crippen LogP contribution in [0.5, 0.6) is 5.75 Å². The van der Waals surface area contributed by atoms with Crippen LogP contribution in [0.3, 0.4) is 0 Å².